The molecule has 1 N–H and O–H groups in total. The molecular formula is C13H16Br3NO3S. The summed E-state index contributed by atoms with van der Waals surface area (Å²) in [6.45, 7) is 4.70. The van der Waals surface area contributed by atoms with Crippen LogP contribution < -0.4 is 5.32 Å². The van der Waals surface area contributed by atoms with Gasteiger partial charge < -0.3 is 5.32 Å². The number of benzene rings is 1. The van der Waals surface area contributed by atoms with Crippen LogP contribution in [0.2, 0.25) is 0 Å². The molecule has 0 saturated heterocycles. The third-order valence-corrected chi connectivity index (χ3v) is 8.04. The maximum Gasteiger partial charge on any atom is 0.251 e. The van der Waals surface area contributed by atoms with Gasteiger partial charge in [-0.15, -0.1) is 0 Å². The zero-order valence-electron chi connectivity index (χ0n) is 11.6. The second-order valence-corrected chi connectivity index (χ2v) is 15.3. The first kappa shape index (κ1) is 19.1. The number of nitrogens with one attached hydrogen (secondary N) is 1. The second kappa shape index (κ2) is 7.57. The number of rotatable bonds is 5. The lowest BCUT2D eigenvalue weighted by molar-refractivity contribution is 0.0952. The Morgan fingerprint density at radius 1 is 1.29 bits per heavy atom. The van der Waals surface area contributed by atoms with Crippen LogP contribution in [0.3, 0.4) is 0 Å². The van der Waals surface area contributed by atoms with E-state index in [1.165, 1.54) is 12.1 Å². The van der Waals surface area contributed by atoms with Gasteiger partial charge in [0, 0.05) is 12.1 Å². The lowest BCUT2D eigenvalue weighted by Crippen LogP contribution is -2.26. The molecule has 0 radical (unpaired) electrons. The molecule has 1 aromatic rings. The highest BCUT2D eigenvalue weighted by atomic mass is 80.0. The zero-order valence-corrected chi connectivity index (χ0v) is 17.1. The minimum Gasteiger partial charge on any atom is -0.352 e. The lowest BCUT2D eigenvalue weighted by atomic mass is 10.1. The Hall–Kier alpha value is 0.0800. The van der Waals surface area contributed by atoms with Crippen LogP contribution in [0.25, 0.3) is 0 Å². The average Bonchev–Trinajstić information content (AvgIpc) is 2.37. The Labute approximate surface area is 150 Å². The Morgan fingerprint density at radius 2 is 1.90 bits per heavy atom. The molecule has 1 amide bonds. The van der Waals surface area contributed by atoms with Crippen LogP contribution >= 0.6 is 47.8 Å². The summed E-state index contributed by atoms with van der Waals surface area (Å²) in [5.74, 6) is 0.213. The molecule has 0 atom stereocenters. The van der Waals surface area contributed by atoms with Gasteiger partial charge in [0.1, 0.15) is 0 Å². The maximum atomic E-state index is 12.3. The Kier molecular flexibility index (Phi) is 6.89. The number of alkyl halides is 3. The molecule has 1 aromatic carbocycles. The van der Waals surface area contributed by atoms with Gasteiger partial charge in [-0.05, 0) is 78.3 Å². The molecule has 0 aliphatic rings. The standard InChI is InChI=1S/C13H16Br3NO3S/c1-9(2)6-7-17-12(18)10-4-3-5-11(8-10)21(19,20)13(14,15)16/h3-5,8-9H,6-7H2,1-2H3,(H,17,18). The van der Waals surface area contributed by atoms with E-state index in [9.17, 15) is 13.2 Å². The highest BCUT2D eigenvalue weighted by molar-refractivity contribution is 9.42. The fourth-order valence-electron chi connectivity index (χ4n) is 1.51. The first-order valence-corrected chi connectivity index (χ1v) is 10.1. The Bertz CT molecular complexity index is 609. The van der Waals surface area contributed by atoms with E-state index in [2.05, 4.69) is 67.0 Å². The van der Waals surface area contributed by atoms with E-state index in [-0.39, 0.29) is 10.8 Å². The van der Waals surface area contributed by atoms with Gasteiger partial charge >= 0.3 is 0 Å². The van der Waals surface area contributed by atoms with Crippen molar-refractivity contribution in [1.29, 1.82) is 0 Å². The van der Waals surface area contributed by atoms with Crippen molar-refractivity contribution in [3.05, 3.63) is 29.8 Å². The molecule has 0 heterocycles. The number of carbonyl (C=O) groups excluding carboxylic acids is 1. The highest BCUT2D eigenvalue weighted by Crippen LogP contribution is 2.43. The van der Waals surface area contributed by atoms with Gasteiger partial charge in [-0.3, -0.25) is 4.79 Å². The van der Waals surface area contributed by atoms with Gasteiger partial charge in [0.2, 0.25) is 11.3 Å². The minimum atomic E-state index is -3.70. The van der Waals surface area contributed by atoms with Crippen LogP contribution in [0.5, 0.6) is 0 Å². The van der Waals surface area contributed by atoms with Crippen LogP contribution in [0.1, 0.15) is 30.6 Å². The molecule has 1 rings (SSSR count). The van der Waals surface area contributed by atoms with Crippen molar-refractivity contribution in [2.24, 2.45) is 5.92 Å². The molecule has 0 bridgehead atoms. The first-order valence-electron chi connectivity index (χ1n) is 6.25. The van der Waals surface area contributed by atoms with E-state index < -0.39 is 11.3 Å². The monoisotopic (exact) mass is 503 g/mol. The van der Waals surface area contributed by atoms with E-state index >= 15 is 0 Å². The fourth-order valence-corrected chi connectivity index (χ4v) is 4.00. The number of halogens is 3. The first-order chi connectivity index (χ1) is 9.55. The number of hydrogen-bond donors (Lipinski definition) is 1. The van der Waals surface area contributed by atoms with E-state index in [1.807, 2.05) is 0 Å². The van der Waals surface area contributed by atoms with E-state index in [0.717, 1.165) is 6.42 Å². The molecule has 8 heteroatoms. The van der Waals surface area contributed by atoms with Gasteiger partial charge in [0.15, 0.2) is 0 Å². The predicted molar refractivity (Wildman–Crippen MR) is 94.9 cm³/mol. The molecule has 118 valence electrons. The van der Waals surface area contributed by atoms with Gasteiger partial charge in [-0.1, -0.05) is 19.9 Å². The molecular weight excluding hydrogens is 490 g/mol. The van der Waals surface area contributed by atoms with Crippen molar-refractivity contribution in [2.75, 3.05) is 6.54 Å². The zero-order chi connectivity index (χ0) is 16.3. The van der Waals surface area contributed by atoms with E-state index in [1.54, 1.807) is 12.1 Å². The molecule has 0 saturated carbocycles. The number of amides is 1. The quantitative estimate of drug-likeness (QED) is 0.614. The lowest BCUT2D eigenvalue weighted by Gasteiger charge is -2.14. The largest absolute Gasteiger partial charge is 0.352 e. The SMILES string of the molecule is CC(C)CCNC(=O)c1cccc(S(=O)(=O)C(Br)(Br)Br)c1. The van der Waals surface area contributed by atoms with Crippen molar-refractivity contribution < 1.29 is 13.2 Å². The summed E-state index contributed by atoms with van der Waals surface area (Å²) in [6, 6.07) is 5.93. The third kappa shape index (κ3) is 5.33. The summed E-state index contributed by atoms with van der Waals surface area (Å²) in [5.41, 5.74) is 0.316. The summed E-state index contributed by atoms with van der Waals surface area (Å²) in [6.07, 6.45) is 0.872. The molecule has 0 spiro atoms. The third-order valence-electron chi connectivity index (χ3n) is 2.72. The summed E-state index contributed by atoms with van der Waals surface area (Å²) in [7, 11) is -3.70. The molecule has 0 fully saturated rings. The van der Waals surface area contributed by atoms with Crippen LogP contribution in [0, 0.1) is 5.92 Å². The van der Waals surface area contributed by atoms with Gasteiger partial charge in [0.25, 0.3) is 5.91 Å². The van der Waals surface area contributed by atoms with Crippen molar-refractivity contribution in [1.82, 2.24) is 5.32 Å². The molecule has 0 aliphatic carbocycles. The summed E-state index contributed by atoms with van der Waals surface area (Å²) in [4.78, 5) is 12.1. The van der Waals surface area contributed by atoms with Crippen molar-refractivity contribution in [3.8, 4) is 0 Å². The number of hydrogen-bond acceptors (Lipinski definition) is 3. The average molecular weight is 506 g/mol. The van der Waals surface area contributed by atoms with Gasteiger partial charge in [-0.2, -0.15) is 0 Å². The van der Waals surface area contributed by atoms with E-state index in [4.69, 9.17) is 0 Å². The van der Waals surface area contributed by atoms with Gasteiger partial charge in [-0.25, -0.2) is 8.42 Å². The maximum absolute atomic E-state index is 12.3. The van der Waals surface area contributed by atoms with Crippen molar-refractivity contribution in [2.45, 2.75) is 26.6 Å². The van der Waals surface area contributed by atoms with Crippen LogP contribution in [-0.2, 0) is 9.84 Å². The predicted octanol–water partition coefficient (Wildman–Crippen LogP) is 4.03. The number of carbonyl (C=O) groups is 1. The summed E-state index contributed by atoms with van der Waals surface area (Å²) in [5, 5.41) is 2.78. The smallest absolute Gasteiger partial charge is 0.251 e. The van der Waals surface area contributed by atoms with Crippen LogP contribution in [0.4, 0.5) is 0 Å². The summed E-state index contributed by atoms with van der Waals surface area (Å²) < 4.78 is 23.1. The Morgan fingerprint density at radius 3 is 2.43 bits per heavy atom. The molecule has 4 nitrogen and oxygen atoms in total. The number of sulfone groups is 1. The normalized spacial score (nSPS) is 12.5. The van der Waals surface area contributed by atoms with Crippen molar-refractivity contribution in [3.63, 3.8) is 0 Å². The molecule has 0 unspecified atom stereocenters. The summed E-state index contributed by atoms with van der Waals surface area (Å²) >= 11 is 9.00. The van der Waals surface area contributed by atoms with Crippen molar-refractivity contribution >= 4 is 63.5 Å². The minimum absolute atomic E-state index is 0.0460. The van der Waals surface area contributed by atoms with Gasteiger partial charge in [0.05, 0.1) is 4.90 Å². The van der Waals surface area contributed by atoms with Crippen LogP contribution in [0.15, 0.2) is 29.2 Å². The molecule has 21 heavy (non-hydrogen) atoms. The van der Waals surface area contributed by atoms with E-state index in [0.29, 0.717) is 18.0 Å². The molecule has 0 aromatic heterocycles. The topological polar surface area (TPSA) is 63.2 Å². The highest BCUT2D eigenvalue weighted by Gasteiger charge is 2.37. The molecule has 0 aliphatic heterocycles. The second-order valence-electron chi connectivity index (χ2n) is 4.92. The fraction of sp³-hybridized carbons (Fsp3) is 0.462. The Balaban J connectivity index is 2.94. The van der Waals surface area contributed by atoms with Crippen LogP contribution in [-0.4, -0.2) is 22.3 Å².